The van der Waals surface area contributed by atoms with Crippen LogP contribution in [0.2, 0.25) is 5.02 Å². The van der Waals surface area contributed by atoms with Gasteiger partial charge in [0.15, 0.2) is 0 Å². The van der Waals surface area contributed by atoms with Crippen LogP contribution in [0.25, 0.3) is 0 Å². The van der Waals surface area contributed by atoms with Gasteiger partial charge in [0.05, 0.1) is 17.2 Å². The van der Waals surface area contributed by atoms with Gasteiger partial charge < -0.3 is 15.4 Å². The van der Waals surface area contributed by atoms with Crippen LogP contribution in [0.5, 0.6) is 5.75 Å². The molecule has 32 heavy (non-hydrogen) atoms. The summed E-state index contributed by atoms with van der Waals surface area (Å²) in [5, 5.41) is 5.38. The molecular formula is C25H24ClFN2O3. The van der Waals surface area contributed by atoms with Crippen molar-refractivity contribution in [2.75, 3.05) is 17.2 Å². The second kappa shape index (κ2) is 10.8. The molecule has 2 amide bonds. The normalized spacial score (nSPS) is 10.7. The maximum absolute atomic E-state index is 13.3. The first-order valence-electron chi connectivity index (χ1n) is 10.2. The van der Waals surface area contributed by atoms with Crippen LogP contribution in [0, 0.1) is 11.7 Å². The van der Waals surface area contributed by atoms with Crippen molar-refractivity contribution in [3.63, 3.8) is 0 Å². The molecule has 0 saturated carbocycles. The first-order valence-corrected chi connectivity index (χ1v) is 10.6. The number of amides is 2. The first kappa shape index (κ1) is 23.3. The van der Waals surface area contributed by atoms with Gasteiger partial charge in [-0.1, -0.05) is 43.6 Å². The first-order chi connectivity index (χ1) is 15.3. The monoisotopic (exact) mass is 454 g/mol. The average Bonchev–Trinajstić information content (AvgIpc) is 2.76. The molecule has 166 valence electrons. The van der Waals surface area contributed by atoms with Crippen molar-refractivity contribution in [2.45, 2.75) is 20.3 Å². The molecule has 0 radical (unpaired) electrons. The predicted octanol–water partition coefficient (Wildman–Crippen LogP) is 6.41. The number of hydrogen-bond acceptors (Lipinski definition) is 3. The average molecular weight is 455 g/mol. The van der Waals surface area contributed by atoms with E-state index in [9.17, 15) is 14.0 Å². The van der Waals surface area contributed by atoms with Crippen LogP contribution in [0.4, 0.5) is 15.8 Å². The smallest absolute Gasteiger partial charge is 0.259 e. The predicted molar refractivity (Wildman–Crippen MR) is 125 cm³/mol. The summed E-state index contributed by atoms with van der Waals surface area (Å²) in [4.78, 5) is 25.4. The molecule has 0 fully saturated rings. The van der Waals surface area contributed by atoms with Crippen LogP contribution < -0.4 is 15.4 Å². The van der Waals surface area contributed by atoms with Crippen LogP contribution in [0.1, 0.15) is 41.0 Å². The van der Waals surface area contributed by atoms with E-state index < -0.39 is 11.7 Å². The van der Waals surface area contributed by atoms with E-state index in [-0.39, 0.29) is 10.9 Å². The number of halogens is 2. The van der Waals surface area contributed by atoms with E-state index in [0.29, 0.717) is 40.8 Å². The van der Waals surface area contributed by atoms with Gasteiger partial charge in [0, 0.05) is 16.9 Å². The number of anilines is 2. The van der Waals surface area contributed by atoms with Crippen molar-refractivity contribution >= 4 is 34.8 Å². The van der Waals surface area contributed by atoms with Crippen molar-refractivity contribution in [1.29, 1.82) is 0 Å². The SMILES string of the molecule is CC(C)CCOc1ccccc1C(=O)Nc1cccc(C(=O)Nc2ccc(F)c(Cl)c2)c1. The van der Waals surface area contributed by atoms with E-state index in [1.54, 1.807) is 42.5 Å². The topological polar surface area (TPSA) is 67.4 Å². The lowest BCUT2D eigenvalue weighted by Gasteiger charge is -2.13. The maximum Gasteiger partial charge on any atom is 0.259 e. The van der Waals surface area contributed by atoms with Gasteiger partial charge in [-0.3, -0.25) is 9.59 Å². The van der Waals surface area contributed by atoms with Gasteiger partial charge in [-0.05, 0) is 60.9 Å². The molecule has 0 saturated heterocycles. The highest BCUT2D eigenvalue weighted by molar-refractivity contribution is 6.31. The fourth-order valence-corrected chi connectivity index (χ4v) is 3.08. The zero-order chi connectivity index (χ0) is 23.1. The Morgan fingerprint density at radius 3 is 2.41 bits per heavy atom. The standard InChI is InChI=1S/C25H24ClFN2O3/c1-16(2)12-13-32-23-9-4-3-8-20(23)25(31)29-18-7-5-6-17(14-18)24(30)28-19-10-11-22(27)21(26)15-19/h3-11,14-16H,12-13H2,1-2H3,(H,28,30)(H,29,31). The summed E-state index contributed by atoms with van der Waals surface area (Å²) in [6, 6.07) is 17.5. The van der Waals surface area contributed by atoms with E-state index in [1.807, 2.05) is 6.07 Å². The zero-order valence-corrected chi connectivity index (χ0v) is 18.6. The third-order valence-corrected chi connectivity index (χ3v) is 4.93. The van der Waals surface area contributed by atoms with Crippen LogP contribution in [-0.4, -0.2) is 18.4 Å². The number of carbonyl (C=O) groups is 2. The summed E-state index contributed by atoms with van der Waals surface area (Å²) in [6.45, 7) is 4.73. The third-order valence-electron chi connectivity index (χ3n) is 4.64. The Labute approximate surface area is 191 Å². The van der Waals surface area contributed by atoms with Crippen molar-refractivity contribution in [2.24, 2.45) is 5.92 Å². The molecule has 3 aromatic carbocycles. The molecule has 5 nitrogen and oxygen atoms in total. The molecule has 3 aromatic rings. The van der Waals surface area contributed by atoms with Crippen LogP contribution in [0.15, 0.2) is 66.7 Å². The second-order valence-electron chi connectivity index (χ2n) is 7.65. The molecule has 0 bridgehead atoms. The Hall–Kier alpha value is -3.38. The van der Waals surface area contributed by atoms with Crippen molar-refractivity contribution < 1.29 is 18.7 Å². The molecule has 0 aliphatic rings. The molecule has 0 aromatic heterocycles. The largest absolute Gasteiger partial charge is 0.493 e. The van der Waals surface area contributed by atoms with Crippen LogP contribution in [-0.2, 0) is 0 Å². The highest BCUT2D eigenvalue weighted by atomic mass is 35.5. The Morgan fingerprint density at radius 1 is 0.938 bits per heavy atom. The van der Waals surface area contributed by atoms with E-state index in [0.717, 1.165) is 6.42 Å². The van der Waals surface area contributed by atoms with Gasteiger partial charge in [0.1, 0.15) is 11.6 Å². The summed E-state index contributed by atoms with van der Waals surface area (Å²) in [6.07, 6.45) is 0.881. The number of carbonyl (C=O) groups excluding carboxylic acids is 2. The lowest BCUT2D eigenvalue weighted by molar-refractivity contribution is 0.101. The molecule has 0 atom stereocenters. The Balaban J connectivity index is 1.70. The van der Waals surface area contributed by atoms with Gasteiger partial charge >= 0.3 is 0 Å². The third kappa shape index (κ3) is 6.31. The van der Waals surface area contributed by atoms with Crippen molar-refractivity contribution in [1.82, 2.24) is 0 Å². The van der Waals surface area contributed by atoms with E-state index in [4.69, 9.17) is 16.3 Å². The Kier molecular flexibility index (Phi) is 7.84. The molecule has 0 unspecified atom stereocenters. The minimum absolute atomic E-state index is 0.0851. The summed E-state index contributed by atoms with van der Waals surface area (Å²) in [5.41, 5.74) is 1.55. The Morgan fingerprint density at radius 2 is 1.66 bits per heavy atom. The number of rotatable bonds is 8. The summed E-state index contributed by atoms with van der Waals surface area (Å²) >= 11 is 5.76. The summed E-state index contributed by atoms with van der Waals surface area (Å²) in [7, 11) is 0. The van der Waals surface area contributed by atoms with Gasteiger partial charge in [-0.15, -0.1) is 0 Å². The fourth-order valence-electron chi connectivity index (χ4n) is 2.90. The summed E-state index contributed by atoms with van der Waals surface area (Å²) in [5.74, 6) is -0.319. The number of para-hydroxylation sites is 1. The number of nitrogens with one attached hydrogen (secondary N) is 2. The summed E-state index contributed by atoms with van der Waals surface area (Å²) < 4.78 is 19.1. The molecular weight excluding hydrogens is 431 g/mol. The molecule has 0 aliphatic carbocycles. The second-order valence-corrected chi connectivity index (χ2v) is 8.05. The number of hydrogen-bond donors (Lipinski definition) is 2. The molecule has 0 spiro atoms. The highest BCUT2D eigenvalue weighted by Gasteiger charge is 2.14. The highest BCUT2D eigenvalue weighted by Crippen LogP contribution is 2.22. The van der Waals surface area contributed by atoms with E-state index in [2.05, 4.69) is 24.5 Å². The van der Waals surface area contributed by atoms with E-state index >= 15 is 0 Å². The lowest BCUT2D eigenvalue weighted by atomic mass is 10.1. The molecule has 2 N–H and O–H groups in total. The Bertz CT molecular complexity index is 1120. The fraction of sp³-hybridized carbons (Fsp3) is 0.200. The molecule has 0 aliphatic heterocycles. The minimum atomic E-state index is -0.567. The minimum Gasteiger partial charge on any atom is -0.493 e. The van der Waals surface area contributed by atoms with Crippen LogP contribution >= 0.6 is 11.6 Å². The molecule has 7 heteroatoms. The quantitative estimate of drug-likeness (QED) is 0.413. The van der Waals surface area contributed by atoms with Gasteiger partial charge in [-0.2, -0.15) is 0 Å². The molecule has 3 rings (SSSR count). The van der Waals surface area contributed by atoms with E-state index in [1.165, 1.54) is 18.2 Å². The van der Waals surface area contributed by atoms with Crippen molar-refractivity contribution in [3.05, 3.63) is 88.7 Å². The number of benzene rings is 3. The van der Waals surface area contributed by atoms with Gasteiger partial charge in [-0.25, -0.2) is 4.39 Å². The zero-order valence-electron chi connectivity index (χ0n) is 17.8. The van der Waals surface area contributed by atoms with Crippen LogP contribution in [0.3, 0.4) is 0 Å². The van der Waals surface area contributed by atoms with Gasteiger partial charge in [0.2, 0.25) is 0 Å². The maximum atomic E-state index is 13.3. The lowest BCUT2D eigenvalue weighted by Crippen LogP contribution is -2.16. The number of ether oxygens (including phenoxy) is 1. The molecule has 0 heterocycles. The van der Waals surface area contributed by atoms with Crippen molar-refractivity contribution in [3.8, 4) is 5.75 Å². The van der Waals surface area contributed by atoms with Gasteiger partial charge in [0.25, 0.3) is 11.8 Å².